The van der Waals surface area contributed by atoms with Gasteiger partial charge in [-0.1, -0.05) is 0 Å². The van der Waals surface area contributed by atoms with E-state index in [2.05, 4.69) is 0 Å². The maximum Gasteiger partial charge on any atom is 0.417 e. The van der Waals surface area contributed by atoms with E-state index in [0.717, 1.165) is 0 Å². The number of hydrogen-bond acceptors (Lipinski definition) is 2. The number of hydrogen-bond donors (Lipinski definition) is 0. The number of benzene rings is 1. The Hall–Kier alpha value is -1.94. The number of halogens is 8. The van der Waals surface area contributed by atoms with Crippen LogP contribution in [0.3, 0.4) is 0 Å². The lowest BCUT2D eigenvalue weighted by molar-refractivity contribution is -0.386. The second-order valence-corrected chi connectivity index (χ2v) is 3.51. The van der Waals surface area contributed by atoms with Crippen LogP contribution in [0.15, 0.2) is 12.1 Å². The maximum absolute atomic E-state index is 12.5. The number of nitrogens with zero attached hydrogens (tertiary/aromatic N) is 1. The molecule has 11 heteroatoms. The lowest BCUT2D eigenvalue weighted by Crippen LogP contribution is -2.15. The predicted octanol–water partition coefficient (Wildman–Crippen LogP) is 4.57. The highest BCUT2D eigenvalue weighted by molar-refractivity contribution is 5.51. The van der Waals surface area contributed by atoms with Gasteiger partial charge in [0.1, 0.15) is 5.56 Å². The molecule has 0 aromatic heterocycles. The van der Waals surface area contributed by atoms with Gasteiger partial charge in [-0.25, -0.2) is 8.78 Å². The highest BCUT2D eigenvalue weighted by Gasteiger charge is 2.44. The van der Waals surface area contributed by atoms with E-state index in [9.17, 15) is 45.2 Å². The van der Waals surface area contributed by atoms with Gasteiger partial charge >= 0.3 is 12.4 Å². The third-order valence-electron chi connectivity index (χ3n) is 2.21. The second-order valence-electron chi connectivity index (χ2n) is 3.51. The van der Waals surface area contributed by atoms with Gasteiger partial charge in [0.05, 0.1) is 16.1 Å². The van der Waals surface area contributed by atoms with E-state index < -0.39 is 52.1 Å². The SMILES string of the molecule is O=[N+]([O-])c1cc(C(F)(F)F)cc(C(F)(F)F)c1C(F)F. The van der Waals surface area contributed by atoms with Crippen LogP contribution in [0.5, 0.6) is 0 Å². The third-order valence-corrected chi connectivity index (χ3v) is 2.21. The summed E-state index contributed by atoms with van der Waals surface area (Å²) in [6, 6.07) is -0.925. The summed E-state index contributed by atoms with van der Waals surface area (Å²) in [5, 5.41) is 10.4. The fraction of sp³-hybridized carbons (Fsp3) is 0.333. The molecule has 0 fully saturated rings. The van der Waals surface area contributed by atoms with E-state index in [1.54, 1.807) is 0 Å². The topological polar surface area (TPSA) is 43.1 Å². The molecule has 1 aromatic carbocycles. The summed E-state index contributed by atoms with van der Waals surface area (Å²) < 4.78 is 99.6. The summed E-state index contributed by atoms with van der Waals surface area (Å²) in [6.07, 6.45) is -14.9. The zero-order chi connectivity index (χ0) is 15.9. The average Bonchev–Trinajstić information content (AvgIpc) is 2.24. The van der Waals surface area contributed by atoms with E-state index in [0.29, 0.717) is 0 Å². The molecule has 3 nitrogen and oxygen atoms in total. The molecule has 112 valence electrons. The first-order valence-corrected chi connectivity index (χ1v) is 4.60. The van der Waals surface area contributed by atoms with Crippen molar-refractivity contribution in [3.05, 3.63) is 38.9 Å². The molecule has 0 atom stereocenters. The van der Waals surface area contributed by atoms with Crippen molar-refractivity contribution < 1.29 is 40.0 Å². The van der Waals surface area contributed by atoms with Crippen molar-refractivity contribution in [2.75, 3.05) is 0 Å². The zero-order valence-electron chi connectivity index (χ0n) is 9.02. The molecule has 0 unspecified atom stereocenters. The largest absolute Gasteiger partial charge is 0.417 e. The molecule has 1 aromatic rings. The number of nitro groups is 1. The fourth-order valence-corrected chi connectivity index (χ4v) is 1.42. The van der Waals surface area contributed by atoms with Crippen LogP contribution in [0, 0.1) is 10.1 Å². The van der Waals surface area contributed by atoms with E-state index in [1.165, 1.54) is 0 Å². The Balaban J connectivity index is 3.79. The summed E-state index contributed by atoms with van der Waals surface area (Å²) in [6.45, 7) is 0. The van der Waals surface area contributed by atoms with Gasteiger partial charge in [0.25, 0.3) is 12.1 Å². The Labute approximate surface area is 105 Å². The fourth-order valence-electron chi connectivity index (χ4n) is 1.42. The molecule has 0 saturated carbocycles. The van der Waals surface area contributed by atoms with E-state index in [1.807, 2.05) is 0 Å². The summed E-state index contributed by atoms with van der Waals surface area (Å²) in [4.78, 5) is 8.71. The molecule has 0 heterocycles. The first-order chi connectivity index (χ1) is 8.85. The maximum atomic E-state index is 12.5. The lowest BCUT2D eigenvalue weighted by atomic mass is 10.0. The molecule has 1 rings (SSSR count). The molecule has 0 aliphatic rings. The molecule has 0 radical (unpaired) electrons. The van der Waals surface area contributed by atoms with Crippen molar-refractivity contribution in [2.24, 2.45) is 0 Å². The highest BCUT2D eigenvalue weighted by Crippen LogP contribution is 2.44. The predicted molar refractivity (Wildman–Crippen MR) is 48.1 cm³/mol. The van der Waals surface area contributed by atoms with Gasteiger partial charge in [-0.2, -0.15) is 26.3 Å². The first kappa shape index (κ1) is 16.1. The van der Waals surface area contributed by atoms with Crippen LogP contribution < -0.4 is 0 Å². The van der Waals surface area contributed by atoms with Gasteiger partial charge in [0, 0.05) is 6.07 Å². The molecule has 20 heavy (non-hydrogen) atoms. The summed E-state index contributed by atoms with van der Waals surface area (Å²) >= 11 is 0. The highest BCUT2D eigenvalue weighted by atomic mass is 19.4. The normalized spacial score (nSPS) is 12.8. The first-order valence-electron chi connectivity index (χ1n) is 4.60. The van der Waals surface area contributed by atoms with Crippen LogP contribution in [-0.4, -0.2) is 4.92 Å². The molecular formula is C9H3F8NO2. The molecule has 0 spiro atoms. The Bertz CT molecular complexity index is 534. The molecule has 0 amide bonds. The van der Waals surface area contributed by atoms with Crippen molar-refractivity contribution >= 4 is 5.69 Å². The number of alkyl halides is 8. The Morgan fingerprint density at radius 2 is 1.50 bits per heavy atom. The van der Waals surface area contributed by atoms with E-state index >= 15 is 0 Å². The van der Waals surface area contributed by atoms with E-state index in [4.69, 9.17) is 0 Å². The summed E-state index contributed by atoms with van der Waals surface area (Å²) in [5.74, 6) is 0. The van der Waals surface area contributed by atoms with Crippen LogP contribution in [0.4, 0.5) is 40.8 Å². The quantitative estimate of drug-likeness (QED) is 0.456. The van der Waals surface area contributed by atoms with Crippen molar-refractivity contribution in [1.82, 2.24) is 0 Å². The molecule has 0 aliphatic heterocycles. The van der Waals surface area contributed by atoms with Crippen LogP contribution >= 0.6 is 0 Å². The van der Waals surface area contributed by atoms with Gasteiger partial charge in [0.2, 0.25) is 0 Å². The second kappa shape index (κ2) is 4.87. The molecular weight excluding hydrogens is 306 g/mol. The van der Waals surface area contributed by atoms with Crippen molar-refractivity contribution in [3.8, 4) is 0 Å². The number of nitro benzene ring substituents is 1. The van der Waals surface area contributed by atoms with E-state index in [-0.39, 0.29) is 6.07 Å². The molecule has 0 bridgehead atoms. The van der Waals surface area contributed by atoms with Crippen molar-refractivity contribution in [3.63, 3.8) is 0 Å². The monoisotopic (exact) mass is 309 g/mol. The lowest BCUT2D eigenvalue weighted by Gasteiger charge is -2.15. The minimum atomic E-state index is -5.59. The molecule has 0 aliphatic carbocycles. The van der Waals surface area contributed by atoms with Gasteiger partial charge in [-0.3, -0.25) is 10.1 Å². The Morgan fingerprint density at radius 3 is 1.80 bits per heavy atom. The van der Waals surface area contributed by atoms with Crippen molar-refractivity contribution in [1.29, 1.82) is 0 Å². The smallest absolute Gasteiger partial charge is 0.258 e. The Morgan fingerprint density at radius 1 is 1.00 bits per heavy atom. The average molecular weight is 309 g/mol. The van der Waals surface area contributed by atoms with Crippen LogP contribution in [0.1, 0.15) is 23.1 Å². The zero-order valence-corrected chi connectivity index (χ0v) is 9.02. The van der Waals surface area contributed by atoms with Gasteiger partial charge in [-0.05, 0) is 6.07 Å². The van der Waals surface area contributed by atoms with Crippen molar-refractivity contribution in [2.45, 2.75) is 18.8 Å². The van der Waals surface area contributed by atoms with Crippen LogP contribution in [0.25, 0.3) is 0 Å². The van der Waals surface area contributed by atoms with Gasteiger partial charge < -0.3 is 0 Å². The summed E-state index contributed by atoms with van der Waals surface area (Å²) in [7, 11) is 0. The summed E-state index contributed by atoms with van der Waals surface area (Å²) in [5.41, 5.74) is -8.42. The van der Waals surface area contributed by atoms with Crippen LogP contribution in [-0.2, 0) is 12.4 Å². The van der Waals surface area contributed by atoms with Gasteiger partial charge in [0.15, 0.2) is 0 Å². The third kappa shape index (κ3) is 3.14. The van der Waals surface area contributed by atoms with Crippen LogP contribution in [0.2, 0.25) is 0 Å². The minimum Gasteiger partial charge on any atom is -0.258 e. The van der Waals surface area contributed by atoms with Gasteiger partial charge in [-0.15, -0.1) is 0 Å². The minimum absolute atomic E-state index is 0.350. The Kier molecular flexibility index (Phi) is 3.92. The number of rotatable bonds is 2. The standard InChI is InChI=1S/C9H3F8NO2/c10-7(11)6-4(9(15,16)17)1-3(8(12,13)14)2-5(6)18(19)20/h1-2,7H. The molecule has 0 saturated heterocycles. The molecule has 0 N–H and O–H groups in total.